The van der Waals surface area contributed by atoms with E-state index in [1.807, 2.05) is 11.2 Å². The highest BCUT2D eigenvalue weighted by Crippen LogP contribution is 2.32. The summed E-state index contributed by atoms with van der Waals surface area (Å²) in [6, 6.07) is 8.81. The molecule has 5 nitrogen and oxygen atoms in total. The second-order valence-corrected chi connectivity index (χ2v) is 7.72. The van der Waals surface area contributed by atoms with Crippen molar-refractivity contribution in [2.75, 3.05) is 26.9 Å². The molecule has 0 aliphatic carbocycles. The minimum absolute atomic E-state index is 0.0275. The van der Waals surface area contributed by atoms with E-state index in [0.717, 1.165) is 32.4 Å². The predicted molar refractivity (Wildman–Crippen MR) is 105 cm³/mol. The monoisotopic (exact) mass is 370 g/mol. The van der Waals surface area contributed by atoms with Crippen LogP contribution in [-0.2, 0) is 6.54 Å². The summed E-state index contributed by atoms with van der Waals surface area (Å²) >= 11 is 1.48. The fourth-order valence-electron chi connectivity index (χ4n) is 3.43. The molecule has 0 N–H and O–H groups in total. The van der Waals surface area contributed by atoms with Crippen LogP contribution in [0.4, 0.5) is 0 Å². The second-order valence-electron chi connectivity index (χ2n) is 6.95. The Morgan fingerprint density at radius 3 is 2.50 bits per heavy atom. The maximum atomic E-state index is 13.0. The quantitative estimate of drug-likeness (QED) is 0.594. The van der Waals surface area contributed by atoms with Gasteiger partial charge in [0.15, 0.2) is 5.16 Å². The number of carbonyl (C=O) groups is 1. The van der Waals surface area contributed by atoms with Gasteiger partial charge in [0.05, 0.1) is 11.6 Å². The molecule has 2 aromatic rings. The van der Waals surface area contributed by atoms with Crippen LogP contribution in [0.3, 0.4) is 0 Å². The summed E-state index contributed by atoms with van der Waals surface area (Å²) in [6.45, 7) is 1.71. The largest absolute Gasteiger partial charge is 0.332 e. The molecule has 26 heavy (non-hydrogen) atoms. The van der Waals surface area contributed by atoms with Gasteiger partial charge in [-0.2, -0.15) is 0 Å². The lowest BCUT2D eigenvalue weighted by atomic mass is 9.94. The van der Waals surface area contributed by atoms with Gasteiger partial charge >= 0.3 is 0 Å². The molecular weight excluding hydrogens is 344 g/mol. The molecule has 1 saturated heterocycles. The third kappa shape index (κ3) is 4.43. The zero-order valence-corrected chi connectivity index (χ0v) is 16.5. The van der Waals surface area contributed by atoms with Crippen LogP contribution >= 0.6 is 11.8 Å². The lowest BCUT2D eigenvalue weighted by molar-refractivity contribution is 0.0610. The smallest absolute Gasteiger partial charge is 0.257 e. The number of benzene rings is 1. The molecule has 138 valence electrons. The minimum atomic E-state index is 0.0275. The number of hydrogen-bond acceptors (Lipinski definition) is 5. The van der Waals surface area contributed by atoms with E-state index in [2.05, 4.69) is 53.2 Å². The van der Waals surface area contributed by atoms with Crippen molar-refractivity contribution in [3.05, 3.63) is 53.3 Å². The molecular formula is C20H26N4OS. The van der Waals surface area contributed by atoms with Gasteiger partial charge in [-0.05, 0) is 50.7 Å². The summed E-state index contributed by atoms with van der Waals surface area (Å²) in [5, 5.41) is 0.688. The molecule has 1 unspecified atom stereocenters. The van der Waals surface area contributed by atoms with Crippen molar-refractivity contribution in [2.24, 2.45) is 0 Å². The zero-order chi connectivity index (χ0) is 18.5. The van der Waals surface area contributed by atoms with Crippen LogP contribution in [0.1, 0.15) is 46.8 Å². The Hall–Kier alpha value is -1.92. The van der Waals surface area contributed by atoms with Gasteiger partial charge in [-0.25, -0.2) is 9.97 Å². The number of thioether (sulfide) groups is 1. The lowest BCUT2D eigenvalue weighted by Gasteiger charge is -2.36. The van der Waals surface area contributed by atoms with E-state index in [0.29, 0.717) is 10.7 Å². The average molecular weight is 371 g/mol. The van der Waals surface area contributed by atoms with E-state index in [1.165, 1.54) is 22.9 Å². The van der Waals surface area contributed by atoms with Crippen molar-refractivity contribution in [1.29, 1.82) is 0 Å². The molecule has 0 spiro atoms. The van der Waals surface area contributed by atoms with Crippen LogP contribution in [0.25, 0.3) is 0 Å². The molecule has 0 bridgehead atoms. The Labute approximate surface area is 159 Å². The van der Waals surface area contributed by atoms with Crippen LogP contribution < -0.4 is 0 Å². The minimum Gasteiger partial charge on any atom is -0.332 e. The molecule has 1 aliphatic heterocycles. The van der Waals surface area contributed by atoms with Crippen molar-refractivity contribution in [2.45, 2.75) is 37.0 Å². The van der Waals surface area contributed by atoms with Gasteiger partial charge in [-0.1, -0.05) is 36.0 Å². The Kier molecular flexibility index (Phi) is 6.27. The fourth-order valence-corrected chi connectivity index (χ4v) is 3.75. The van der Waals surface area contributed by atoms with E-state index in [9.17, 15) is 4.79 Å². The number of rotatable bonds is 5. The molecule has 1 fully saturated rings. The summed E-state index contributed by atoms with van der Waals surface area (Å²) in [5.74, 6) is 0.0275. The first kappa shape index (κ1) is 18.9. The van der Waals surface area contributed by atoms with Gasteiger partial charge in [0.2, 0.25) is 0 Å². The van der Waals surface area contributed by atoms with E-state index in [1.54, 1.807) is 12.4 Å². The summed E-state index contributed by atoms with van der Waals surface area (Å²) < 4.78 is 0. The van der Waals surface area contributed by atoms with E-state index < -0.39 is 0 Å². The third-order valence-electron chi connectivity index (χ3n) is 4.68. The number of hydrogen-bond donors (Lipinski definition) is 0. The summed E-state index contributed by atoms with van der Waals surface area (Å²) in [6.07, 6.45) is 8.42. The number of carbonyl (C=O) groups excluding carboxylic acids is 1. The first-order valence-corrected chi connectivity index (χ1v) is 10.2. The Balaban J connectivity index is 1.79. The maximum absolute atomic E-state index is 13.0. The lowest BCUT2D eigenvalue weighted by Crippen LogP contribution is -2.38. The van der Waals surface area contributed by atoms with Crippen molar-refractivity contribution in [1.82, 2.24) is 19.8 Å². The number of nitrogens with zero attached hydrogens (tertiary/aromatic N) is 4. The van der Waals surface area contributed by atoms with Crippen molar-refractivity contribution < 1.29 is 4.79 Å². The molecule has 3 rings (SSSR count). The fraction of sp³-hybridized carbons (Fsp3) is 0.450. The number of amides is 1. The number of aromatic nitrogens is 2. The molecule has 1 aliphatic rings. The SMILES string of the molecule is CSc1ncc(C(=O)N2CCCCC2c2ccc(CN(C)C)cc2)cn1. The van der Waals surface area contributed by atoms with Gasteiger partial charge in [0.25, 0.3) is 5.91 Å². The molecule has 6 heteroatoms. The summed E-state index contributed by atoms with van der Waals surface area (Å²) in [5.41, 5.74) is 3.06. The molecule has 0 radical (unpaired) electrons. The Morgan fingerprint density at radius 1 is 1.19 bits per heavy atom. The topological polar surface area (TPSA) is 49.3 Å². The summed E-state index contributed by atoms with van der Waals surface area (Å²) in [7, 11) is 4.14. The van der Waals surface area contributed by atoms with E-state index in [-0.39, 0.29) is 11.9 Å². The first-order chi connectivity index (χ1) is 12.6. The highest BCUT2D eigenvalue weighted by molar-refractivity contribution is 7.98. The Morgan fingerprint density at radius 2 is 1.88 bits per heavy atom. The van der Waals surface area contributed by atoms with Crippen LogP contribution in [0.2, 0.25) is 0 Å². The molecule has 0 saturated carbocycles. The van der Waals surface area contributed by atoms with Crippen LogP contribution in [-0.4, -0.2) is 52.6 Å². The van der Waals surface area contributed by atoms with Gasteiger partial charge in [-0.3, -0.25) is 4.79 Å². The van der Waals surface area contributed by atoms with Crippen molar-refractivity contribution in [3.8, 4) is 0 Å². The Bertz CT molecular complexity index is 730. The van der Waals surface area contributed by atoms with E-state index in [4.69, 9.17) is 0 Å². The van der Waals surface area contributed by atoms with Gasteiger partial charge in [0, 0.05) is 25.5 Å². The molecule has 1 aromatic carbocycles. The normalized spacial score (nSPS) is 17.5. The molecule has 1 aromatic heterocycles. The zero-order valence-electron chi connectivity index (χ0n) is 15.7. The number of piperidine rings is 1. The molecule has 2 heterocycles. The predicted octanol–water partition coefficient (Wildman–Crippen LogP) is 3.63. The standard InChI is InChI=1S/C20H26N4OS/c1-23(2)14-15-7-9-16(10-8-15)18-6-4-5-11-24(18)19(25)17-12-21-20(26-3)22-13-17/h7-10,12-13,18H,4-6,11,14H2,1-3H3. The van der Waals surface area contributed by atoms with E-state index >= 15 is 0 Å². The van der Waals surface area contributed by atoms with Gasteiger partial charge in [-0.15, -0.1) is 0 Å². The van der Waals surface area contributed by atoms with Gasteiger partial charge in [0.1, 0.15) is 0 Å². The summed E-state index contributed by atoms with van der Waals surface area (Å²) in [4.78, 5) is 25.7. The van der Waals surface area contributed by atoms with Crippen molar-refractivity contribution >= 4 is 17.7 Å². The molecule has 1 atom stereocenters. The van der Waals surface area contributed by atoms with Crippen LogP contribution in [0.5, 0.6) is 0 Å². The second kappa shape index (κ2) is 8.64. The third-order valence-corrected chi connectivity index (χ3v) is 5.26. The highest BCUT2D eigenvalue weighted by atomic mass is 32.2. The molecule has 1 amide bonds. The highest BCUT2D eigenvalue weighted by Gasteiger charge is 2.29. The average Bonchev–Trinajstić information content (AvgIpc) is 2.68. The maximum Gasteiger partial charge on any atom is 0.257 e. The van der Waals surface area contributed by atoms with Crippen molar-refractivity contribution in [3.63, 3.8) is 0 Å². The van der Waals surface area contributed by atoms with Crippen LogP contribution in [0.15, 0.2) is 41.8 Å². The first-order valence-electron chi connectivity index (χ1n) is 8.99. The number of likely N-dealkylation sites (tertiary alicyclic amines) is 1. The van der Waals surface area contributed by atoms with Gasteiger partial charge < -0.3 is 9.80 Å². The van der Waals surface area contributed by atoms with Crippen LogP contribution in [0, 0.1) is 0 Å².